The minimum Gasteiger partial charge on any atom is -0.332 e. The zero-order chi connectivity index (χ0) is 7.14. The third-order valence-corrected chi connectivity index (χ3v) is 2.40. The van der Waals surface area contributed by atoms with E-state index in [4.69, 9.17) is 0 Å². The predicted molar refractivity (Wildman–Crippen MR) is 38.4 cm³/mol. The molecule has 0 aliphatic carbocycles. The van der Waals surface area contributed by atoms with Gasteiger partial charge in [0.1, 0.15) is 0 Å². The summed E-state index contributed by atoms with van der Waals surface area (Å²) in [4.78, 5) is 13.1. The summed E-state index contributed by atoms with van der Waals surface area (Å²) in [5.74, 6) is 0.855. The Hall–Kier alpha value is -0.790. The maximum Gasteiger partial charge on any atom is 0.223 e. The highest BCUT2D eigenvalue weighted by Gasteiger charge is 2.36. The second-order valence-electron chi connectivity index (χ2n) is 3.15. The van der Waals surface area contributed by atoms with E-state index >= 15 is 0 Å². The molecule has 0 spiro atoms. The van der Waals surface area contributed by atoms with Gasteiger partial charge in [0, 0.05) is 13.0 Å². The highest BCUT2D eigenvalue weighted by molar-refractivity contribution is 5.80. The maximum absolute atomic E-state index is 11.2. The summed E-state index contributed by atoms with van der Waals surface area (Å²) in [6.45, 7) is 2.98. The zero-order valence-electron chi connectivity index (χ0n) is 6.08. The number of hydrogen-bond donors (Lipinski definition) is 0. The molecular formula is C8H11NO. The van der Waals surface area contributed by atoms with Gasteiger partial charge >= 0.3 is 0 Å². The molecule has 2 atom stereocenters. The van der Waals surface area contributed by atoms with Crippen molar-refractivity contribution < 1.29 is 4.79 Å². The number of amides is 1. The first kappa shape index (κ1) is 5.96. The van der Waals surface area contributed by atoms with Gasteiger partial charge in [0.15, 0.2) is 0 Å². The standard InChI is InChI=1S/C8H11NO/c1-6-5-8(10)9-4-2-3-7(6)9/h2-3,6-7H,4-5H2,1H3/t6-,7?/m1/s1. The third-order valence-electron chi connectivity index (χ3n) is 2.40. The number of nitrogens with zero attached hydrogens (tertiary/aromatic N) is 1. The molecule has 2 heterocycles. The predicted octanol–water partition coefficient (Wildman–Crippen LogP) is 0.793. The van der Waals surface area contributed by atoms with Gasteiger partial charge in [-0.15, -0.1) is 0 Å². The first-order chi connectivity index (χ1) is 4.79. The average Bonchev–Trinajstić information content (AvgIpc) is 2.39. The Morgan fingerprint density at radius 2 is 2.50 bits per heavy atom. The van der Waals surface area contributed by atoms with Gasteiger partial charge in [-0.25, -0.2) is 0 Å². The quantitative estimate of drug-likeness (QED) is 0.452. The summed E-state index contributed by atoms with van der Waals surface area (Å²) >= 11 is 0. The summed E-state index contributed by atoms with van der Waals surface area (Å²) in [6.07, 6.45) is 4.97. The maximum atomic E-state index is 11.2. The van der Waals surface area contributed by atoms with Gasteiger partial charge in [-0.1, -0.05) is 19.1 Å². The molecule has 2 heteroatoms. The molecule has 0 aromatic heterocycles. The molecule has 0 radical (unpaired) electrons. The minimum atomic E-state index is 0.322. The van der Waals surface area contributed by atoms with Crippen LogP contribution in [0, 0.1) is 5.92 Å². The second-order valence-corrected chi connectivity index (χ2v) is 3.15. The molecule has 2 rings (SSSR count). The Morgan fingerprint density at radius 1 is 1.70 bits per heavy atom. The zero-order valence-corrected chi connectivity index (χ0v) is 6.08. The smallest absolute Gasteiger partial charge is 0.223 e. The first-order valence-electron chi connectivity index (χ1n) is 3.75. The van der Waals surface area contributed by atoms with Crippen LogP contribution in [-0.2, 0) is 4.79 Å². The van der Waals surface area contributed by atoms with Crippen LogP contribution < -0.4 is 0 Å². The lowest BCUT2D eigenvalue weighted by Gasteiger charge is -2.16. The van der Waals surface area contributed by atoms with Gasteiger partial charge in [-0.05, 0) is 5.92 Å². The van der Waals surface area contributed by atoms with E-state index in [1.165, 1.54) is 0 Å². The molecule has 0 bridgehead atoms. The van der Waals surface area contributed by atoms with Crippen LogP contribution in [0.1, 0.15) is 13.3 Å². The van der Waals surface area contributed by atoms with E-state index in [1.807, 2.05) is 4.90 Å². The number of hydrogen-bond acceptors (Lipinski definition) is 1. The molecule has 54 valence electrons. The fourth-order valence-electron chi connectivity index (χ4n) is 1.82. The molecule has 10 heavy (non-hydrogen) atoms. The Kier molecular flexibility index (Phi) is 1.10. The fourth-order valence-corrected chi connectivity index (χ4v) is 1.82. The van der Waals surface area contributed by atoms with Crippen LogP contribution in [-0.4, -0.2) is 23.4 Å². The average molecular weight is 137 g/mol. The van der Waals surface area contributed by atoms with Crippen molar-refractivity contribution in [1.82, 2.24) is 4.90 Å². The van der Waals surface area contributed by atoms with Crippen molar-refractivity contribution in [2.75, 3.05) is 6.54 Å². The minimum absolute atomic E-state index is 0.322. The first-order valence-corrected chi connectivity index (χ1v) is 3.75. The van der Waals surface area contributed by atoms with Gasteiger partial charge in [0.25, 0.3) is 0 Å². The molecule has 0 aromatic carbocycles. The molecule has 1 amide bonds. The molecule has 0 aromatic rings. The van der Waals surface area contributed by atoms with Gasteiger partial charge in [0.2, 0.25) is 5.91 Å². The Morgan fingerprint density at radius 3 is 3.20 bits per heavy atom. The van der Waals surface area contributed by atoms with Crippen molar-refractivity contribution in [2.45, 2.75) is 19.4 Å². The summed E-state index contributed by atoms with van der Waals surface area (Å²) in [5.41, 5.74) is 0. The molecule has 0 N–H and O–H groups in total. The van der Waals surface area contributed by atoms with E-state index < -0.39 is 0 Å². The van der Waals surface area contributed by atoms with Gasteiger partial charge < -0.3 is 4.90 Å². The molecule has 1 unspecified atom stereocenters. The highest BCUT2D eigenvalue weighted by Crippen LogP contribution is 2.28. The van der Waals surface area contributed by atoms with Gasteiger partial charge in [-0.2, -0.15) is 0 Å². The van der Waals surface area contributed by atoms with Crippen LogP contribution in [0.4, 0.5) is 0 Å². The van der Waals surface area contributed by atoms with Crippen LogP contribution >= 0.6 is 0 Å². The molecule has 2 aliphatic rings. The molecule has 2 aliphatic heterocycles. The number of carbonyl (C=O) groups excluding carboxylic acids is 1. The number of carbonyl (C=O) groups is 1. The van der Waals surface area contributed by atoms with Crippen molar-refractivity contribution >= 4 is 5.91 Å². The summed E-state index contributed by atoms with van der Waals surface area (Å²) in [7, 11) is 0. The normalized spacial score (nSPS) is 37.3. The van der Waals surface area contributed by atoms with Crippen molar-refractivity contribution in [2.24, 2.45) is 5.92 Å². The summed E-state index contributed by atoms with van der Waals surface area (Å²) < 4.78 is 0. The van der Waals surface area contributed by atoms with E-state index in [0.717, 1.165) is 13.0 Å². The monoisotopic (exact) mass is 137 g/mol. The molecule has 0 saturated carbocycles. The lowest BCUT2D eigenvalue weighted by molar-refractivity contribution is -0.127. The molecular weight excluding hydrogens is 126 g/mol. The van der Waals surface area contributed by atoms with E-state index in [2.05, 4.69) is 19.1 Å². The summed E-state index contributed by atoms with van der Waals surface area (Å²) in [5, 5.41) is 0. The van der Waals surface area contributed by atoms with E-state index in [9.17, 15) is 4.79 Å². The Labute approximate surface area is 60.5 Å². The largest absolute Gasteiger partial charge is 0.332 e. The van der Waals surface area contributed by atoms with E-state index in [0.29, 0.717) is 17.9 Å². The molecule has 1 fully saturated rings. The lowest BCUT2D eigenvalue weighted by atomic mass is 10.0. The number of fused-ring (bicyclic) bond motifs is 1. The van der Waals surface area contributed by atoms with Gasteiger partial charge in [-0.3, -0.25) is 4.79 Å². The van der Waals surface area contributed by atoms with Crippen LogP contribution in [0.15, 0.2) is 12.2 Å². The van der Waals surface area contributed by atoms with E-state index in [-0.39, 0.29) is 0 Å². The Balaban J connectivity index is 2.25. The number of rotatable bonds is 0. The van der Waals surface area contributed by atoms with Crippen molar-refractivity contribution in [3.8, 4) is 0 Å². The lowest BCUT2D eigenvalue weighted by Crippen LogP contribution is -2.28. The van der Waals surface area contributed by atoms with Crippen LogP contribution in [0.3, 0.4) is 0 Å². The molecule has 2 nitrogen and oxygen atoms in total. The van der Waals surface area contributed by atoms with Crippen molar-refractivity contribution in [3.05, 3.63) is 12.2 Å². The van der Waals surface area contributed by atoms with Crippen molar-refractivity contribution in [3.63, 3.8) is 0 Å². The highest BCUT2D eigenvalue weighted by atomic mass is 16.2. The van der Waals surface area contributed by atoms with Gasteiger partial charge in [0.05, 0.1) is 6.04 Å². The second kappa shape index (κ2) is 1.84. The Bertz CT molecular complexity index is 197. The SMILES string of the molecule is C[C@@H]1CC(=O)N2CC=CC12. The summed E-state index contributed by atoms with van der Waals surface area (Å²) in [6, 6.07) is 0.424. The molecule has 1 saturated heterocycles. The van der Waals surface area contributed by atoms with Crippen LogP contribution in [0.25, 0.3) is 0 Å². The topological polar surface area (TPSA) is 20.3 Å². The third kappa shape index (κ3) is 0.618. The fraction of sp³-hybridized carbons (Fsp3) is 0.625. The van der Waals surface area contributed by atoms with Crippen molar-refractivity contribution in [1.29, 1.82) is 0 Å². The van der Waals surface area contributed by atoms with E-state index in [1.54, 1.807) is 0 Å². The van der Waals surface area contributed by atoms with Crippen LogP contribution in [0.5, 0.6) is 0 Å². The van der Waals surface area contributed by atoms with Crippen LogP contribution in [0.2, 0.25) is 0 Å².